The van der Waals surface area contributed by atoms with Gasteiger partial charge in [0.05, 0.1) is 17.6 Å². The van der Waals surface area contributed by atoms with E-state index in [1.807, 2.05) is 18.2 Å². The van der Waals surface area contributed by atoms with Crippen molar-refractivity contribution in [3.63, 3.8) is 0 Å². The highest BCUT2D eigenvalue weighted by molar-refractivity contribution is 5.97. The van der Waals surface area contributed by atoms with Crippen LogP contribution in [0.4, 0.5) is 0 Å². The molecule has 30 heavy (non-hydrogen) atoms. The third-order valence-electron chi connectivity index (χ3n) is 6.89. The second-order valence-corrected chi connectivity index (χ2v) is 10.1. The van der Waals surface area contributed by atoms with Crippen LogP contribution in [-0.4, -0.2) is 44.4 Å². The maximum absolute atomic E-state index is 12.9. The number of rotatable bonds is 5. The summed E-state index contributed by atoms with van der Waals surface area (Å²) >= 11 is 0. The van der Waals surface area contributed by atoms with Gasteiger partial charge in [0.25, 0.3) is 5.91 Å². The minimum atomic E-state index is -1.00. The van der Waals surface area contributed by atoms with Gasteiger partial charge < -0.3 is 9.67 Å². The monoisotopic (exact) mass is 413 g/mol. The molecule has 6 heteroatoms. The van der Waals surface area contributed by atoms with Crippen molar-refractivity contribution in [2.75, 3.05) is 13.2 Å². The highest BCUT2D eigenvalue weighted by Crippen LogP contribution is 2.33. The van der Waals surface area contributed by atoms with Crippen LogP contribution in [-0.2, 0) is 16.8 Å². The summed E-state index contributed by atoms with van der Waals surface area (Å²) < 4.78 is 2.40. The van der Waals surface area contributed by atoms with E-state index in [-0.39, 0.29) is 24.5 Å². The van der Waals surface area contributed by atoms with E-state index in [4.69, 9.17) is 9.82 Å². The molecule has 0 spiro atoms. The zero-order valence-corrected chi connectivity index (χ0v) is 18.8. The van der Waals surface area contributed by atoms with Crippen molar-refractivity contribution in [2.45, 2.75) is 83.8 Å². The molecule has 1 aliphatic carbocycles. The summed E-state index contributed by atoms with van der Waals surface area (Å²) in [5.74, 6) is 1.58. The van der Waals surface area contributed by atoms with Crippen molar-refractivity contribution in [2.24, 2.45) is 5.92 Å². The van der Waals surface area contributed by atoms with Crippen molar-refractivity contribution in [1.82, 2.24) is 14.6 Å². The molecule has 1 saturated carbocycles. The van der Waals surface area contributed by atoms with Crippen LogP contribution in [0.1, 0.15) is 82.4 Å². The van der Waals surface area contributed by atoms with E-state index in [9.17, 15) is 9.90 Å². The Hall–Kier alpha value is -1.92. The number of carbonyl (C=O) groups excluding carboxylic acids is 1. The fourth-order valence-electron chi connectivity index (χ4n) is 4.64. The number of aromatic nitrogens is 2. The number of β-amino-alcohol motifs (C(OH)–C–C–N with tert-alkyl or cyclic N) is 1. The van der Waals surface area contributed by atoms with Crippen molar-refractivity contribution in [1.29, 1.82) is 0 Å². The lowest BCUT2D eigenvalue weighted by Gasteiger charge is -2.27. The van der Waals surface area contributed by atoms with Crippen LogP contribution in [0.15, 0.2) is 18.2 Å². The van der Waals surface area contributed by atoms with E-state index in [1.165, 1.54) is 37.2 Å². The molecule has 1 atom stereocenters. The van der Waals surface area contributed by atoms with Gasteiger partial charge in [-0.1, -0.05) is 40.0 Å². The Labute approximate surface area is 179 Å². The number of fused-ring (bicyclic) bond motifs is 1. The normalized spacial score (nSPS) is 23.4. The lowest BCUT2D eigenvalue weighted by Crippen LogP contribution is -2.34. The summed E-state index contributed by atoms with van der Waals surface area (Å²) in [6.45, 7) is 9.68. The first-order chi connectivity index (χ1) is 14.2. The fourth-order valence-corrected chi connectivity index (χ4v) is 4.64. The number of amides is 1. The van der Waals surface area contributed by atoms with E-state index in [2.05, 4.69) is 25.3 Å². The first-order valence-corrected chi connectivity index (χ1v) is 11.4. The Balaban J connectivity index is 1.69. The van der Waals surface area contributed by atoms with Crippen molar-refractivity contribution in [3.8, 4) is 0 Å². The van der Waals surface area contributed by atoms with Gasteiger partial charge in [0.15, 0.2) is 0 Å². The molecule has 6 nitrogen and oxygen atoms in total. The minimum Gasteiger partial charge on any atom is -0.386 e. The summed E-state index contributed by atoms with van der Waals surface area (Å²) in [5.41, 5.74) is 1.47. The van der Waals surface area contributed by atoms with Crippen molar-refractivity contribution >= 4 is 16.9 Å². The first-order valence-electron chi connectivity index (χ1n) is 11.4. The standard InChI is InChI=1S/C24H35N3O3/c1-5-23(2,3)22-25-19-13-18(21(28)27-15-24(4,29)16-30-27)11-12-20(19)26(22)14-17-9-7-6-8-10-17/h11-13,17,29H,5-10,14-16H2,1-4H3/t24-/m0/s1. The van der Waals surface area contributed by atoms with E-state index in [0.717, 1.165) is 29.8 Å². The number of benzene rings is 1. The van der Waals surface area contributed by atoms with Gasteiger partial charge in [-0.25, -0.2) is 10.0 Å². The number of hydrogen-bond donors (Lipinski definition) is 1. The molecule has 1 amide bonds. The van der Waals surface area contributed by atoms with Crippen LogP contribution in [0.5, 0.6) is 0 Å². The van der Waals surface area contributed by atoms with Gasteiger partial charge in [-0.2, -0.15) is 0 Å². The highest BCUT2D eigenvalue weighted by atomic mass is 16.7. The van der Waals surface area contributed by atoms with E-state index in [1.54, 1.807) is 6.92 Å². The topological polar surface area (TPSA) is 67.6 Å². The zero-order valence-electron chi connectivity index (χ0n) is 18.8. The van der Waals surface area contributed by atoms with E-state index >= 15 is 0 Å². The number of hydrogen-bond acceptors (Lipinski definition) is 4. The number of aliphatic hydroxyl groups is 1. The summed E-state index contributed by atoms with van der Waals surface area (Å²) in [6.07, 6.45) is 7.57. The zero-order chi connectivity index (χ0) is 21.5. The molecule has 1 aliphatic heterocycles. The lowest BCUT2D eigenvalue weighted by molar-refractivity contribution is -0.0797. The molecule has 2 aliphatic rings. The summed E-state index contributed by atoms with van der Waals surface area (Å²) in [4.78, 5) is 23.3. The van der Waals surface area contributed by atoms with E-state index < -0.39 is 5.60 Å². The highest BCUT2D eigenvalue weighted by Gasteiger charge is 2.36. The van der Waals surface area contributed by atoms with Gasteiger partial charge in [-0.05, 0) is 50.3 Å². The molecule has 164 valence electrons. The predicted octanol–water partition coefficient (Wildman–Crippen LogP) is 4.44. The smallest absolute Gasteiger partial charge is 0.277 e. The quantitative estimate of drug-likeness (QED) is 0.787. The van der Waals surface area contributed by atoms with Crippen LogP contribution < -0.4 is 0 Å². The van der Waals surface area contributed by atoms with E-state index in [0.29, 0.717) is 11.5 Å². The maximum atomic E-state index is 12.9. The molecule has 0 radical (unpaired) electrons. The number of carbonyl (C=O) groups is 1. The lowest BCUT2D eigenvalue weighted by atomic mass is 9.87. The Morgan fingerprint density at radius 1 is 1.30 bits per heavy atom. The van der Waals surface area contributed by atoms with Gasteiger partial charge >= 0.3 is 0 Å². The van der Waals surface area contributed by atoms with Gasteiger partial charge in [-0.3, -0.25) is 9.63 Å². The Kier molecular flexibility index (Phi) is 5.66. The van der Waals surface area contributed by atoms with Gasteiger partial charge in [0.2, 0.25) is 0 Å². The Bertz CT molecular complexity index is 925. The Morgan fingerprint density at radius 3 is 2.67 bits per heavy atom. The molecule has 2 fully saturated rings. The largest absolute Gasteiger partial charge is 0.386 e. The number of nitrogens with zero attached hydrogens (tertiary/aromatic N) is 3. The van der Waals surface area contributed by atoms with Gasteiger partial charge in [-0.15, -0.1) is 0 Å². The third kappa shape index (κ3) is 4.12. The first kappa shape index (κ1) is 21.3. The molecule has 4 rings (SSSR count). The molecular weight excluding hydrogens is 378 g/mol. The third-order valence-corrected chi connectivity index (χ3v) is 6.89. The molecule has 2 aromatic rings. The molecule has 1 aromatic heterocycles. The number of imidazole rings is 1. The summed E-state index contributed by atoms with van der Waals surface area (Å²) in [7, 11) is 0. The van der Waals surface area contributed by atoms with Crippen molar-refractivity contribution < 1.29 is 14.7 Å². The molecule has 1 aromatic carbocycles. The predicted molar refractivity (Wildman–Crippen MR) is 117 cm³/mol. The molecular formula is C24H35N3O3. The van der Waals surface area contributed by atoms with Crippen molar-refractivity contribution in [3.05, 3.63) is 29.6 Å². The fraction of sp³-hybridized carbons (Fsp3) is 0.667. The number of hydroxylamine groups is 2. The average Bonchev–Trinajstić information content (AvgIpc) is 3.28. The maximum Gasteiger partial charge on any atom is 0.277 e. The second-order valence-electron chi connectivity index (χ2n) is 10.1. The van der Waals surface area contributed by atoms with Gasteiger partial charge in [0, 0.05) is 17.5 Å². The average molecular weight is 414 g/mol. The molecule has 1 N–H and O–H groups in total. The van der Waals surface area contributed by atoms with Crippen LogP contribution in [0.3, 0.4) is 0 Å². The molecule has 1 saturated heterocycles. The SMILES string of the molecule is CCC(C)(C)c1nc2cc(C(=O)N3C[C@](C)(O)CO3)ccc2n1CC1CCCCC1. The van der Waals surface area contributed by atoms with Crippen LogP contribution in [0, 0.1) is 5.92 Å². The molecule has 0 unspecified atom stereocenters. The van der Waals surface area contributed by atoms with Crippen LogP contribution in [0.25, 0.3) is 11.0 Å². The molecule has 0 bridgehead atoms. The minimum absolute atomic E-state index is 0.0331. The summed E-state index contributed by atoms with van der Waals surface area (Å²) in [6, 6.07) is 5.77. The Morgan fingerprint density at radius 2 is 2.03 bits per heavy atom. The molecule has 2 heterocycles. The van der Waals surface area contributed by atoms with Crippen LogP contribution >= 0.6 is 0 Å². The van der Waals surface area contributed by atoms with Gasteiger partial charge in [0.1, 0.15) is 18.0 Å². The van der Waals surface area contributed by atoms with Crippen LogP contribution in [0.2, 0.25) is 0 Å². The summed E-state index contributed by atoms with van der Waals surface area (Å²) in [5, 5.41) is 11.4. The second kappa shape index (κ2) is 7.97.